The van der Waals surface area contributed by atoms with Crippen molar-refractivity contribution in [3.05, 3.63) is 87.8 Å². The minimum atomic E-state index is -0.394. The summed E-state index contributed by atoms with van der Waals surface area (Å²) < 4.78 is 6.92. The summed E-state index contributed by atoms with van der Waals surface area (Å²) in [5.74, 6) is 1.77. The van der Waals surface area contributed by atoms with E-state index in [1.165, 1.54) is 0 Å². The number of aromatic nitrogens is 3. The Kier molecular flexibility index (Phi) is 7.11. The van der Waals surface area contributed by atoms with E-state index in [1.807, 2.05) is 42.5 Å². The molecule has 0 radical (unpaired) electrons. The molecular formula is C26H24ClN5O3S. The van der Waals surface area contributed by atoms with E-state index in [4.69, 9.17) is 16.1 Å². The summed E-state index contributed by atoms with van der Waals surface area (Å²) >= 11 is 8.07. The van der Waals surface area contributed by atoms with Crippen molar-refractivity contribution in [2.45, 2.75) is 31.4 Å². The van der Waals surface area contributed by atoms with Crippen molar-refractivity contribution < 1.29 is 14.1 Å². The lowest BCUT2D eigenvalue weighted by Crippen LogP contribution is -2.30. The fourth-order valence-corrected chi connectivity index (χ4v) is 5.41. The molecule has 3 heterocycles. The second-order valence-electron chi connectivity index (χ2n) is 8.41. The van der Waals surface area contributed by atoms with Crippen LogP contribution in [0.3, 0.4) is 0 Å². The second-order valence-corrected chi connectivity index (χ2v) is 9.80. The number of fused-ring (bicyclic) bond motifs is 1. The maximum atomic E-state index is 13.5. The normalized spacial score (nSPS) is 12.4. The average Bonchev–Trinajstić information content (AvgIpc) is 3.56. The topological polar surface area (TPSA) is 102 Å². The van der Waals surface area contributed by atoms with Crippen molar-refractivity contribution in [3.8, 4) is 11.3 Å². The van der Waals surface area contributed by atoms with Gasteiger partial charge in [-0.05, 0) is 25.0 Å². The van der Waals surface area contributed by atoms with Gasteiger partial charge in [-0.2, -0.15) is 16.9 Å². The lowest BCUT2D eigenvalue weighted by molar-refractivity contribution is -0.121. The quantitative estimate of drug-likeness (QED) is 0.343. The number of nitrogens with zero attached hydrogens (tertiary/aromatic N) is 3. The molecule has 0 atom stereocenters. The fraction of sp³-hybridized carbons (Fsp3) is 0.231. The summed E-state index contributed by atoms with van der Waals surface area (Å²) in [7, 11) is 0. The van der Waals surface area contributed by atoms with Gasteiger partial charge in [0.05, 0.1) is 10.7 Å². The lowest BCUT2D eigenvalue weighted by atomic mass is 10.1. The van der Waals surface area contributed by atoms with Gasteiger partial charge in [-0.1, -0.05) is 65.3 Å². The minimum absolute atomic E-state index is 0.00204. The molecule has 2 aromatic heterocycles. The number of benzene rings is 2. The zero-order valence-corrected chi connectivity index (χ0v) is 21.2. The highest BCUT2D eigenvalue weighted by Gasteiger charge is 2.28. The predicted molar refractivity (Wildman–Crippen MR) is 140 cm³/mol. The molecule has 1 aliphatic rings. The van der Waals surface area contributed by atoms with Gasteiger partial charge < -0.3 is 15.2 Å². The van der Waals surface area contributed by atoms with Gasteiger partial charge in [0.15, 0.2) is 0 Å². The first-order chi connectivity index (χ1) is 17.5. The van der Waals surface area contributed by atoms with Gasteiger partial charge >= 0.3 is 0 Å². The second kappa shape index (κ2) is 10.6. The third kappa shape index (κ3) is 5.03. The monoisotopic (exact) mass is 521 g/mol. The van der Waals surface area contributed by atoms with Gasteiger partial charge in [-0.25, -0.2) is 4.68 Å². The van der Waals surface area contributed by atoms with E-state index in [0.29, 0.717) is 45.7 Å². The standard InChI is InChI=1S/C26H24ClN5O3S/c1-16-23(24(31-35-16)18-9-5-6-10-20(18)27)26(34)29-25-19-14-36-15-21(19)30-32(25)13-22(33)28-12-11-17-7-3-2-4-8-17/h2-10H,11-15H2,1H3,(H,28,33)(H,29,34). The number of thioether (sulfide) groups is 1. The molecule has 36 heavy (non-hydrogen) atoms. The SMILES string of the molecule is Cc1onc(-c2ccccc2Cl)c1C(=O)Nc1c2c(nn1CC(=O)NCCc1ccccc1)CSC2. The Bertz CT molecular complexity index is 1420. The van der Waals surface area contributed by atoms with Crippen LogP contribution in [0.5, 0.6) is 0 Å². The average molecular weight is 522 g/mol. The van der Waals surface area contributed by atoms with Gasteiger partial charge in [0.2, 0.25) is 5.91 Å². The van der Waals surface area contributed by atoms with Crippen molar-refractivity contribution in [2.75, 3.05) is 11.9 Å². The summed E-state index contributed by atoms with van der Waals surface area (Å²) in [4.78, 5) is 26.2. The Morgan fingerprint density at radius 1 is 1.11 bits per heavy atom. The molecule has 4 aromatic rings. The number of aryl methyl sites for hydroxylation is 1. The predicted octanol–water partition coefficient (Wildman–Crippen LogP) is 4.86. The van der Waals surface area contributed by atoms with Gasteiger partial charge in [0.25, 0.3) is 5.91 Å². The summed E-state index contributed by atoms with van der Waals surface area (Å²) in [5, 5.41) is 15.1. The van der Waals surface area contributed by atoms with E-state index in [0.717, 1.165) is 29.0 Å². The van der Waals surface area contributed by atoms with Gasteiger partial charge in [-0.15, -0.1) is 0 Å². The van der Waals surface area contributed by atoms with Crippen LogP contribution in [0.15, 0.2) is 59.1 Å². The highest BCUT2D eigenvalue weighted by Crippen LogP contribution is 2.36. The van der Waals surface area contributed by atoms with Gasteiger partial charge in [0.1, 0.15) is 29.4 Å². The van der Waals surface area contributed by atoms with Crippen LogP contribution in [0.2, 0.25) is 5.02 Å². The molecule has 2 N–H and O–H groups in total. The summed E-state index contributed by atoms with van der Waals surface area (Å²) in [6, 6.07) is 17.1. The van der Waals surface area contributed by atoms with Crippen LogP contribution in [0.1, 0.15) is 32.9 Å². The van der Waals surface area contributed by atoms with Gasteiger partial charge in [-0.3, -0.25) is 9.59 Å². The number of amides is 2. The Morgan fingerprint density at radius 3 is 2.69 bits per heavy atom. The number of nitrogens with one attached hydrogen (secondary N) is 2. The smallest absolute Gasteiger partial charge is 0.262 e. The highest BCUT2D eigenvalue weighted by atomic mass is 35.5. The zero-order chi connectivity index (χ0) is 25.1. The maximum Gasteiger partial charge on any atom is 0.262 e. The number of carbonyl (C=O) groups is 2. The van der Waals surface area contributed by atoms with Crippen molar-refractivity contribution in [3.63, 3.8) is 0 Å². The molecule has 1 aliphatic heterocycles. The number of rotatable bonds is 8. The molecule has 2 amide bonds. The van der Waals surface area contributed by atoms with E-state index in [2.05, 4.69) is 20.9 Å². The first-order valence-electron chi connectivity index (χ1n) is 11.5. The molecule has 5 rings (SSSR count). The Labute approximate surface area is 217 Å². The van der Waals surface area contributed by atoms with Crippen molar-refractivity contribution in [1.29, 1.82) is 0 Å². The van der Waals surface area contributed by atoms with Crippen LogP contribution in [-0.2, 0) is 29.3 Å². The molecule has 0 bridgehead atoms. The van der Waals surface area contributed by atoms with Crippen LogP contribution < -0.4 is 10.6 Å². The van der Waals surface area contributed by atoms with Crippen LogP contribution in [0.4, 0.5) is 5.82 Å². The molecule has 0 saturated carbocycles. The fourth-order valence-electron chi connectivity index (χ4n) is 4.15. The summed E-state index contributed by atoms with van der Waals surface area (Å²) in [6.07, 6.45) is 0.736. The molecule has 0 saturated heterocycles. The molecule has 0 fully saturated rings. The minimum Gasteiger partial charge on any atom is -0.360 e. The molecule has 184 valence electrons. The van der Waals surface area contributed by atoms with E-state index in [-0.39, 0.29) is 12.5 Å². The van der Waals surface area contributed by atoms with Crippen molar-refractivity contribution in [1.82, 2.24) is 20.3 Å². The van der Waals surface area contributed by atoms with E-state index >= 15 is 0 Å². The zero-order valence-electron chi connectivity index (χ0n) is 19.6. The first-order valence-corrected chi connectivity index (χ1v) is 13.0. The molecule has 8 nitrogen and oxygen atoms in total. The van der Waals surface area contributed by atoms with E-state index in [1.54, 1.807) is 35.5 Å². The summed E-state index contributed by atoms with van der Waals surface area (Å²) in [5.41, 5.74) is 4.22. The van der Waals surface area contributed by atoms with Crippen LogP contribution in [0.25, 0.3) is 11.3 Å². The molecule has 0 spiro atoms. The summed E-state index contributed by atoms with van der Waals surface area (Å²) in [6.45, 7) is 2.20. The van der Waals surface area contributed by atoms with Crippen molar-refractivity contribution >= 4 is 41.0 Å². The van der Waals surface area contributed by atoms with Crippen LogP contribution in [-0.4, -0.2) is 33.3 Å². The number of carbonyl (C=O) groups excluding carboxylic acids is 2. The third-order valence-electron chi connectivity index (χ3n) is 5.94. The molecule has 0 unspecified atom stereocenters. The largest absolute Gasteiger partial charge is 0.360 e. The Hall–Kier alpha value is -3.56. The van der Waals surface area contributed by atoms with Crippen molar-refractivity contribution in [2.24, 2.45) is 0 Å². The molecule has 2 aromatic carbocycles. The third-order valence-corrected chi connectivity index (χ3v) is 7.24. The van der Waals surface area contributed by atoms with Crippen LogP contribution in [0, 0.1) is 6.92 Å². The van der Waals surface area contributed by atoms with E-state index in [9.17, 15) is 9.59 Å². The van der Waals surface area contributed by atoms with E-state index < -0.39 is 5.91 Å². The molecular weight excluding hydrogens is 498 g/mol. The number of hydrogen-bond donors (Lipinski definition) is 2. The molecule has 10 heteroatoms. The Balaban J connectivity index is 1.34. The maximum absolute atomic E-state index is 13.5. The van der Waals surface area contributed by atoms with Crippen LogP contribution >= 0.6 is 23.4 Å². The highest BCUT2D eigenvalue weighted by molar-refractivity contribution is 7.98. The van der Waals surface area contributed by atoms with Gasteiger partial charge in [0, 0.05) is 29.2 Å². The number of halogens is 1. The lowest BCUT2D eigenvalue weighted by Gasteiger charge is -2.12. The number of hydrogen-bond acceptors (Lipinski definition) is 6. The number of anilines is 1. The Morgan fingerprint density at radius 2 is 1.89 bits per heavy atom. The first kappa shape index (κ1) is 24.1. The molecule has 0 aliphatic carbocycles.